The van der Waals surface area contributed by atoms with Crippen LogP contribution in [0, 0.1) is 0 Å². The van der Waals surface area contributed by atoms with E-state index in [-0.39, 0.29) is 10.3 Å². The van der Waals surface area contributed by atoms with Crippen molar-refractivity contribution in [1.82, 2.24) is 15.0 Å². The molecule has 5 nitrogen and oxygen atoms in total. The van der Waals surface area contributed by atoms with Crippen LogP contribution in [0.4, 0.5) is 0 Å². The minimum atomic E-state index is -3.43. The molecule has 2 heterocycles. The number of sulfone groups is 1. The molecule has 0 radical (unpaired) electrons. The van der Waals surface area contributed by atoms with Crippen molar-refractivity contribution in [3.63, 3.8) is 0 Å². The molecule has 2 rings (SSSR count). The molecular formula is C10H8ClN3O2S. The summed E-state index contributed by atoms with van der Waals surface area (Å²) >= 11 is 5.90. The molecule has 2 aromatic rings. The molecule has 88 valence electrons. The van der Waals surface area contributed by atoms with Gasteiger partial charge in [-0.3, -0.25) is 0 Å². The van der Waals surface area contributed by atoms with Gasteiger partial charge in [-0.25, -0.2) is 23.4 Å². The Balaban J connectivity index is 2.59. The van der Waals surface area contributed by atoms with E-state index in [2.05, 4.69) is 15.0 Å². The Morgan fingerprint density at radius 3 is 2.59 bits per heavy atom. The number of rotatable bonds is 2. The van der Waals surface area contributed by atoms with E-state index in [0.717, 1.165) is 6.26 Å². The Morgan fingerprint density at radius 1 is 1.18 bits per heavy atom. The van der Waals surface area contributed by atoms with E-state index >= 15 is 0 Å². The zero-order chi connectivity index (χ0) is 12.5. The van der Waals surface area contributed by atoms with Crippen LogP contribution in [0.3, 0.4) is 0 Å². The molecule has 0 aliphatic rings. The Morgan fingerprint density at radius 2 is 1.94 bits per heavy atom. The van der Waals surface area contributed by atoms with Crippen molar-refractivity contribution in [2.45, 2.75) is 5.16 Å². The Bertz CT molecular complexity index is 658. The van der Waals surface area contributed by atoms with Gasteiger partial charge in [0, 0.05) is 24.2 Å². The Kier molecular flexibility index (Phi) is 3.08. The minimum absolute atomic E-state index is 0.227. The number of hydrogen-bond donors (Lipinski definition) is 0. The highest BCUT2D eigenvalue weighted by atomic mass is 35.5. The molecule has 0 saturated heterocycles. The molecule has 2 aromatic heterocycles. The molecule has 0 spiro atoms. The van der Waals surface area contributed by atoms with Crippen LogP contribution in [0.25, 0.3) is 11.3 Å². The summed E-state index contributed by atoms with van der Waals surface area (Å²) in [6.07, 6.45) is 3.98. The van der Waals surface area contributed by atoms with E-state index in [4.69, 9.17) is 11.6 Å². The standard InChI is InChI=1S/C10H8ClN3O2S/c1-17(15,16)10-13-6-4-8(14-10)7-3-2-5-12-9(7)11/h2-6H,1H3. The van der Waals surface area contributed by atoms with Gasteiger partial charge in [-0.2, -0.15) is 0 Å². The van der Waals surface area contributed by atoms with Crippen molar-refractivity contribution in [3.05, 3.63) is 35.7 Å². The number of nitrogens with zero attached hydrogens (tertiary/aromatic N) is 3. The zero-order valence-corrected chi connectivity index (χ0v) is 10.4. The van der Waals surface area contributed by atoms with E-state index in [1.54, 1.807) is 24.4 Å². The van der Waals surface area contributed by atoms with Gasteiger partial charge in [0.15, 0.2) is 0 Å². The van der Waals surface area contributed by atoms with Gasteiger partial charge in [0.1, 0.15) is 5.15 Å². The van der Waals surface area contributed by atoms with Crippen molar-refractivity contribution >= 4 is 21.4 Å². The fourth-order valence-electron chi connectivity index (χ4n) is 1.25. The predicted octanol–water partition coefficient (Wildman–Crippen LogP) is 1.60. The van der Waals surface area contributed by atoms with Gasteiger partial charge in [0.25, 0.3) is 0 Å². The second-order valence-electron chi connectivity index (χ2n) is 3.34. The maximum absolute atomic E-state index is 11.3. The third kappa shape index (κ3) is 2.59. The Labute approximate surface area is 103 Å². The molecule has 0 atom stereocenters. The second kappa shape index (κ2) is 4.38. The van der Waals surface area contributed by atoms with E-state index in [0.29, 0.717) is 11.3 Å². The molecule has 0 fully saturated rings. The zero-order valence-electron chi connectivity index (χ0n) is 8.83. The maximum atomic E-state index is 11.3. The summed E-state index contributed by atoms with van der Waals surface area (Å²) < 4.78 is 22.7. The first-order valence-corrected chi connectivity index (χ1v) is 6.89. The monoisotopic (exact) mass is 269 g/mol. The average Bonchev–Trinajstić information content (AvgIpc) is 2.29. The number of pyridine rings is 1. The lowest BCUT2D eigenvalue weighted by molar-refractivity contribution is 0.593. The molecule has 0 aliphatic carbocycles. The lowest BCUT2D eigenvalue weighted by Crippen LogP contribution is -2.04. The first-order chi connectivity index (χ1) is 7.98. The van der Waals surface area contributed by atoms with Gasteiger partial charge in [-0.15, -0.1) is 0 Å². The van der Waals surface area contributed by atoms with Crippen LogP contribution in [0.15, 0.2) is 35.7 Å². The van der Waals surface area contributed by atoms with Crippen molar-refractivity contribution < 1.29 is 8.42 Å². The highest BCUT2D eigenvalue weighted by Gasteiger charge is 2.13. The summed E-state index contributed by atoms with van der Waals surface area (Å²) in [5.74, 6) is 0. The van der Waals surface area contributed by atoms with Gasteiger partial charge >= 0.3 is 0 Å². The molecule has 0 N–H and O–H groups in total. The largest absolute Gasteiger partial charge is 0.247 e. The molecule has 0 aliphatic heterocycles. The van der Waals surface area contributed by atoms with Gasteiger partial charge in [0.05, 0.1) is 5.69 Å². The van der Waals surface area contributed by atoms with E-state index in [1.807, 2.05) is 0 Å². The SMILES string of the molecule is CS(=O)(=O)c1nccc(-c2cccnc2Cl)n1. The van der Waals surface area contributed by atoms with Crippen molar-refractivity contribution in [2.24, 2.45) is 0 Å². The maximum Gasteiger partial charge on any atom is 0.247 e. The van der Waals surface area contributed by atoms with Crippen LogP contribution >= 0.6 is 11.6 Å². The summed E-state index contributed by atoms with van der Waals surface area (Å²) in [5, 5.41) is 0.0422. The third-order valence-corrected chi connectivity index (χ3v) is 3.16. The summed E-state index contributed by atoms with van der Waals surface area (Å²) in [6.45, 7) is 0. The van der Waals surface area contributed by atoms with Crippen molar-refractivity contribution in [1.29, 1.82) is 0 Å². The van der Waals surface area contributed by atoms with E-state index in [1.165, 1.54) is 6.20 Å². The fraction of sp³-hybridized carbons (Fsp3) is 0.100. The summed E-state index contributed by atoms with van der Waals surface area (Å²) in [5.41, 5.74) is 1.000. The number of aromatic nitrogens is 3. The smallest absolute Gasteiger partial charge is 0.244 e. The summed E-state index contributed by atoms with van der Waals surface area (Å²) in [6, 6.07) is 4.99. The van der Waals surface area contributed by atoms with Crippen LogP contribution < -0.4 is 0 Å². The van der Waals surface area contributed by atoms with Crippen LogP contribution in [0.5, 0.6) is 0 Å². The van der Waals surface area contributed by atoms with Crippen molar-refractivity contribution in [3.8, 4) is 11.3 Å². The lowest BCUT2D eigenvalue weighted by Gasteiger charge is -2.03. The van der Waals surface area contributed by atoms with Crippen LogP contribution in [0.1, 0.15) is 0 Å². The van der Waals surface area contributed by atoms with Gasteiger partial charge < -0.3 is 0 Å². The van der Waals surface area contributed by atoms with Crippen LogP contribution in [-0.4, -0.2) is 29.6 Å². The molecule has 7 heteroatoms. The number of hydrogen-bond acceptors (Lipinski definition) is 5. The summed E-state index contributed by atoms with van der Waals surface area (Å²) in [4.78, 5) is 11.6. The van der Waals surface area contributed by atoms with Gasteiger partial charge in [-0.05, 0) is 18.2 Å². The highest BCUT2D eigenvalue weighted by Crippen LogP contribution is 2.23. The second-order valence-corrected chi connectivity index (χ2v) is 5.61. The molecule has 0 amide bonds. The predicted molar refractivity (Wildman–Crippen MR) is 63.4 cm³/mol. The van der Waals surface area contributed by atoms with Gasteiger partial charge in [-0.1, -0.05) is 11.6 Å². The first-order valence-electron chi connectivity index (χ1n) is 4.62. The quantitative estimate of drug-likeness (QED) is 0.611. The van der Waals surface area contributed by atoms with Crippen molar-refractivity contribution in [2.75, 3.05) is 6.26 Å². The third-order valence-electron chi connectivity index (χ3n) is 2.00. The first kappa shape index (κ1) is 11.9. The highest BCUT2D eigenvalue weighted by molar-refractivity contribution is 7.90. The molecule has 17 heavy (non-hydrogen) atoms. The van der Waals surface area contributed by atoms with E-state index < -0.39 is 9.84 Å². The summed E-state index contributed by atoms with van der Waals surface area (Å²) in [7, 11) is -3.43. The minimum Gasteiger partial charge on any atom is -0.244 e. The van der Waals surface area contributed by atoms with Crippen LogP contribution in [-0.2, 0) is 9.84 Å². The normalized spacial score (nSPS) is 11.4. The molecular weight excluding hydrogens is 262 g/mol. The molecule has 0 bridgehead atoms. The lowest BCUT2D eigenvalue weighted by atomic mass is 10.2. The molecule has 0 saturated carbocycles. The topological polar surface area (TPSA) is 72.8 Å². The Hall–Kier alpha value is -1.53. The fourth-order valence-corrected chi connectivity index (χ4v) is 1.98. The molecule has 0 unspecified atom stereocenters. The number of halogens is 1. The van der Waals surface area contributed by atoms with E-state index in [9.17, 15) is 8.42 Å². The average molecular weight is 270 g/mol. The molecule has 0 aromatic carbocycles. The van der Waals surface area contributed by atoms with Gasteiger partial charge in [0.2, 0.25) is 15.0 Å². The van der Waals surface area contributed by atoms with Crippen LogP contribution in [0.2, 0.25) is 5.15 Å².